The molecule has 8 heteroatoms. The number of aromatic nitrogens is 4. The van der Waals surface area contributed by atoms with Gasteiger partial charge in [0.15, 0.2) is 0 Å². The number of hydrogen-bond acceptors (Lipinski definition) is 6. The molecule has 1 saturated heterocycles. The van der Waals surface area contributed by atoms with Gasteiger partial charge in [-0.3, -0.25) is 5.10 Å². The summed E-state index contributed by atoms with van der Waals surface area (Å²) >= 11 is 0. The van der Waals surface area contributed by atoms with Gasteiger partial charge in [-0.2, -0.15) is 10.1 Å². The molecule has 1 fully saturated rings. The van der Waals surface area contributed by atoms with Crippen LogP contribution in [0.15, 0.2) is 60.9 Å². The summed E-state index contributed by atoms with van der Waals surface area (Å²) < 4.78 is 4.93. The first-order valence-electron chi connectivity index (χ1n) is 10.0. The molecule has 0 aliphatic carbocycles. The summed E-state index contributed by atoms with van der Waals surface area (Å²) in [4.78, 5) is 23.1. The summed E-state index contributed by atoms with van der Waals surface area (Å²) in [6, 6.07) is 15.6. The lowest BCUT2D eigenvalue weighted by Crippen LogP contribution is -2.28. The van der Waals surface area contributed by atoms with Crippen molar-refractivity contribution in [3.05, 3.63) is 72.3 Å². The SMILES string of the molecule is COC(=O)N1C[C@@H](c2ccccc2)[C@H](c2nc(O)c3cc(-c4cn[nH]c4)ccc3n2)C1. The van der Waals surface area contributed by atoms with Crippen molar-refractivity contribution in [1.82, 2.24) is 25.1 Å². The van der Waals surface area contributed by atoms with Crippen molar-refractivity contribution in [1.29, 1.82) is 0 Å². The molecule has 0 spiro atoms. The van der Waals surface area contributed by atoms with E-state index in [0.29, 0.717) is 29.8 Å². The van der Waals surface area contributed by atoms with Crippen molar-refractivity contribution in [3.8, 4) is 17.0 Å². The van der Waals surface area contributed by atoms with Crippen LogP contribution in [-0.4, -0.2) is 56.5 Å². The number of benzene rings is 2. The van der Waals surface area contributed by atoms with Crippen LogP contribution in [0.2, 0.25) is 0 Å². The van der Waals surface area contributed by atoms with Gasteiger partial charge in [0.25, 0.3) is 0 Å². The summed E-state index contributed by atoms with van der Waals surface area (Å²) in [5.74, 6) is 0.280. The molecular formula is C23H21N5O3. The van der Waals surface area contributed by atoms with Crippen LogP contribution in [0.4, 0.5) is 4.79 Å². The number of aromatic amines is 1. The normalized spacial score (nSPS) is 18.4. The molecule has 2 N–H and O–H groups in total. The average Bonchev–Trinajstić information content (AvgIpc) is 3.49. The Kier molecular flexibility index (Phi) is 4.74. The first-order chi connectivity index (χ1) is 15.1. The lowest BCUT2D eigenvalue weighted by molar-refractivity contribution is 0.132. The highest BCUT2D eigenvalue weighted by Crippen LogP contribution is 2.40. The summed E-state index contributed by atoms with van der Waals surface area (Å²) in [6.45, 7) is 0.924. The highest BCUT2D eigenvalue weighted by Gasteiger charge is 2.39. The Morgan fingerprint density at radius 2 is 1.90 bits per heavy atom. The molecule has 3 heterocycles. The van der Waals surface area contributed by atoms with E-state index >= 15 is 0 Å². The zero-order valence-corrected chi connectivity index (χ0v) is 16.9. The second-order valence-electron chi connectivity index (χ2n) is 7.62. The molecule has 1 aliphatic rings. The molecule has 8 nitrogen and oxygen atoms in total. The predicted molar refractivity (Wildman–Crippen MR) is 115 cm³/mol. The molecule has 0 radical (unpaired) electrons. The molecule has 0 saturated carbocycles. The molecule has 2 aromatic carbocycles. The highest BCUT2D eigenvalue weighted by molar-refractivity contribution is 5.88. The van der Waals surface area contributed by atoms with Crippen LogP contribution in [0.1, 0.15) is 23.2 Å². The second-order valence-corrected chi connectivity index (χ2v) is 7.62. The van der Waals surface area contributed by atoms with E-state index < -0.39 is 0 Å². The number of carbonyl (C=O) groups excluding carboxylic acids is 1. The fourth-order valence-electron chi connectivity index (χ4n) is 4.27. The number of nitrogens with one attached hydrogen (secondary N) is 1. The van der Waals surface area contributed by atoms with Gasteiger partial charge in [0, 0.05) is 36.7 Å². The maximum Gasteiger partial charge on any atom is 0.409 e. The maximum absolute atomic E-state index is 12.2. The van der Waals surface area contributed by atoms with Gasteiger partial charge < -0.3 is 14.7 Å². The molecule has 2 atom stereocenters. The Labute approximate surface area is 178 Å². The third-order valence-corrected chi connectivity index (χ3v) is 5.84. The van der Waals surface area contributed by atoms with Gasteiger partial charge in [-0.1, -0.05) is 36.4 Å². The lowest BCUT2D eigenvalue weighted by atomic mass is 9.88. The first kappa shape index (κ1) is 19.0. The number of hydrogen-bond donors (Lipinski definition) is 2. The van der Waals surface area contributed by atoms with Crippen LogP contribution in [0.5, 0.6) is 5.88 Å². The number of carbonyl (C=O) groups is 1. The van der Waals surface area contributed by atoms with Crippen molar-refractivity contribution >= 4 is 17.0 Å². The molecule has 1 aliphatic heterocycles. The van der Waals surface area contributed by atoms with Crippen LogP contribution in [-0.2, 0) is 4.74 Å². The van der Waals surface area contributed by atoms with Crippen molar-refractivity contribution in [2.24, 2.45) is 0 Å². The van der Waals surface area contributed by atoms with Crippen LogP contribution in [0.25, 0.3) is 22.0 Å². The van der Waals surface area contributed by atoms with Gasteiger partial charge >= 0.3 is 6.09 Å². The van der Waals surface area contributed by atoms with Crippen LogP contribution in [0.3, 0.4) is 0 Å². The highest BCUT2D eigenvalue weighted by atomic mass is 16.5. The lowest BCUT2D eigenvalue weighted by Gasteiger charge is -2.18. The predicted octanol–water partition coefficient (Wildman–Crippen LogP) is 3.67. The third kappa shape index (κ3) is 3.46. The number of rotatable bonds is 3. The zero-order chi connectivity index (χ0) is 21.4. The standard InChI is InChI=1S/C23H21N5O3/c1-31-23(30)28-12-18(14-5-3-2-4-6-14)19(13-28)21-26-20-8-7-15(16-10-24-25-11-16)9-17(20)22(29)27-21/h2-11,18-19H,12-13H2,1H3,(H,24,25)(H,26,27,29)/t18-,19+/m0/s1. The smallest absolute Gasteiger partial charge is 0.409 e. The molecule has 156 valence electrons. The van der Waals surface area contributed by atoms with Crippen LogP contribution in [0, 0.1) is 0 Å². The molecule has 1 amide bonds. The zero-order valence-electron chi connectivity index (χ0n) is 16.9. The number of methoxy groups -OCH3 is 1. The monoisotopic (exact) mass is 415 g/mol. The minimum Gasteiger partial charge on any atom is -0.493 e. The minimum atomic E-state index is -0.377. The summed E-state index contributed by atoms with van der Waals surface area (Å²) in [6.07, 6.45) is 3.13. The summed E-state index contributed by atoms with van der Waals surface area (Å²) in [5, 5.41) is 18.1. The fourth-order valence-corrected chi connectivity index (χ4v) is 4.27. The van der Waals surface area contributed by atoms with Crippen molar-refractivity contribution in [3.63, 3.8) is 0 Å². The van der Waals surface area contributed by atoms with Gasteiger partial charge in [0.05, 0.1) is 24.2 Å². The average molecular weight is 415 g/mol. The van der Waals surface area contributed by atoms with Crippen LogP contribution < -0.4 is 0 Å². The molecule has 0 unspecified atom stereocenters. The topological polar surface area (TPSA) is 104 Å². The Morgan fingerprint density at radius 1 is 1.10 bits per heavy atom. The second kappa shape index (κ2) is 7.71. The van der Waals surface area contributed by atoms with E-state index in [1.807, 2.05) is 48.5 Å². The molecule has 2 aromatic heterocycles. The van der Waals surface area contributed by atoms with Crippen molar-refractivity contribution < 1.29 is 14.6 Å². The number of amides is 1. The number of likely N-dealkylation sites (tertiary alicyclic amines) is 1. The Morgan fingerprint density at radius 3 is 2.65 bits per heavy atom. The van der Waals surface area contributed by atoms with Crippen LogP contribution >= 0.6 is 0 Å². The maximum atomic E-state index is 12.2. The van der Waals surface area contributed by atoms with Gasteiger partial charge in [-0.25, -0.2) is 9.78 Å². The molecule has 5 rings (SSSR count). The van der Waals surface area contributed by atoms with E-state index in [1.54, 1.807) is 17.3 Å². The van der Waals surface area contributed by atoms with Gasteiger partial charge in [0.2, 0.25) is 5.88 Å². The van der Waals surface area contributed by atoms with Gasteiger partial charge in [-0.05, 0) is 23.3 Å². The molecule has 31 heavy (non-hydrogen) atoms. The van der Waals surface area contributed by atoms with E-state index in [9.17, 15) is 9.90 Å². The van der Waals surface area contributed by atoms with E-state index in [1.165, 1.54) is 7.11 Å². The first-order valence-corrected chi connectivity index (χ1v) is 10.0. The molecular weight excluding hydrogens is 394 g/mol. The van der Waals surface area contributed by atoms with E-state index in [-0.39, 0.29) is 23.8 Å². The quantitative estimate of drug-likeness (QED) is 0.529. The number of H-pyrrole nitrogens is 1. The molecule has 4 aromatic rings. The number of ether oxygens (including phenoxy) is 1. The van der Waals surface area contributed by atoms with E-state index in [2.05, 4.69) is 15.2 Å². The number of aromatic hydroxyl groups is 1. The van der Waals surface area contributed by atoms with Crippen molar-refractivity contribution in [2.75, 3.05) is 20.2 Å². The fraction of sp³-hybridized carbons (Fsp3) is 0.217. The summed E-state index contributed by atoms with van der Waals surface area (Å²) in [5.41, 5.74) is 3.57. The largest absolute Gasteiger partial charge is 0.493 e. The van der Waals surface area contributed by atoms with Gasteiger partial charge in [-0.15, -0.1) is 0 Å². The molecule has 0 bridgehead atoms. The van der Waals surface area contributed by atoms with E-state index in [0.717, 1.165) is 16.7 Å². The summed E-state index contributed by atoms with van der Waals surface area (Å²) in [7, 11) is 1.38. The number of nitrogens with zero attached hydrogens (tertiary/aromatic N) is 4. The Balaban J connectivity index is 1.56. The number of fused-ring (bicyclic) bond motifs is 1. The van der Waals surface area contributed by atoms with Crippen molar-refractivity contribution in [2.45, 2.75) is 11.8 Å². The van der Waals surface area contributed by atoms with E-state index in [4.69, 9.17) is 9.72 Å². The third-order valence-electron chi connectivity index (χ3n) is 5.84. The minimum absolute atomic E-state index is 0.00218. The van der Waals surface area contributed by atoms with Gasteiger partial charge in [0.1, 0.15) is 5.82 Å². The Hall–Kier alpha value is -3.94. The Bertz CT molecular complexity index is 1230.